The number of ether oxygens (including phenoxy) is 1. The molecule has 2 heterocycles. The third kappa shape index (κ3) is 1.12. The van der Waals surface area contributed by atoms with Crippen molar-refractivity contribution in [2.24, 2.45) is 5.73 Å². The molecule has 0 bridgehead atoms. The number of aromatic nitrogens is 3. The summed E-state index contributed by atoms with van der Waals surface area (Å²) in [6.45, 7) is 1.26. The minimum Gasteiger partial charge on any atom is -0.377 e. The lowest BCUT2D eigenvalue weighted by atomic mass is 10.2. The quantitative estimate of drug-likeness (QED) is 0.573. The van der Waals surface area contributed by atoms with E-state index in [4.69, 9.17) is 10.5 Å². The van der Waals surface area contributed by atoms with Gasteiger partial charge in [-0.1, -0.05) is 5.21 Å². The van der Waals surface area contributed by atoms with E-state index in [9.17, 15) is 0 Å². The maximum Gasteiger partial charge on any atom is 0.0943 e. The molecule has 1 fully saturated rings. The van der Waals surface area contributed by atoms with Crippen LogP contribution in [0.1, 0.15) is 6.04 Å². The lowest BCUT2D eigenvalue weighted by molar-refractivity contribution is 0.183. The molecule has 2 atom stereocenters. The molecule has 1 aliphatic rings. The number of nitrogens with two attached hydrogens (primary N) is 1. The topological polar surface area (TPSA) is 66.0 Å². The lowest BCUT2D eigenvalue weighted by Gasteiger charge is -2.11. The Morgan fingerprint density at radius 2 is 2.45 bits per heavy atom. The third-order valence-electron chi connectivity index (χ3n) is 1.87. The monoisotopic (exact) mass is 154 g/mol. The molecule has 0 saturated carbocycles. The number of hydrogen-bond acceptors (Lipinski definition) is 4. The highest BCUT2D eigenvalue weighted by Gasteiger charge is 2.26. The molecule has 0 aliphatic carbocycles. The molecule has 2 rings (SSSR count). The molecule has 0 aromatic carbocycles. The van der Waals surface area contributed by atoms with E-state index >= 15 is 0 Å². The predicted octanol–water partition coefficient (Wildman–Crippen LogP) is -0.823. The van der Waals surface area contributed by atoms with E-state index in [0.717, 1.165) is 0 Å². The molecule has 0 radical (unpaired) electrons. The van der Waals surface area contributed by atoms with E-state index in [1.54, 1.807) is 17.1 Å². The summed E-state index contributed by atoms with van der Waals surface area (Å²) in [5.74, 6) is 0. The minimum atomic E-state index is 0.0525. The zero-order chi connectivity index (χ0) is 7.68. The van der Waals surface area contributed by atoms with E-state index < -0.39 is 0 Å². The van der Waals surface area contributed by atoms with Crippen molar-refractivity contribution in [3.05, 3.63) is 12.4 Å². The molecule has 0 spiro atoms. The van der Waals surface area contributed by atoms with Crippen LogP contribution >= 0.6 is 0 Å². The van der Waals surface area contributed by atoms with Crippen molar-refractivity contribution in [1.29, 1.82) is 0 Å². The molecule has 5 heteroatoms. The fourth-order valence-electron chi connectivity index (χ4n) is 1.23. The van der Waals surface area contributed by atoms with Crippen LogP contribution in [-0.4, -0.2) is 34.2 Å². The number of rotatable bonds is 1. The zero-order valence-corrected chi connectivity index (χ0v) is 6.05. The average molecular weight is 154 g/mol. The summed E-state index contributed by atoms with van der Waals surface area (Å²) in [6.07, 6.45) is 3.45. The van der Waals surface area contributed by atoms with Crippen LogP contribution in [0.15, 0.2) is 12.4 Å². The minimum absolute atomic E-state index is 0.0525. The fourth-order valence-corrected chi connectivity index (χ4v) is 1.23. The van der Waals surface area contributed by atoms with Crippen molar-refractivity contribution in [2.45, 2.75) is 12.1 Å². The molecule has 60 valence electrons. The summed E-state index contributed by atoms with van der Waals surface area (Å²) in [5, 5.41) is 7.56. The van der Waals surface area contributed by atoms with Crippen LogP contribution in [0.25, 0.3) is 0 Å². The van der Waals surface area contributed by atoms with Gasteiger partial charge in [-0.25, -0.2) is 4.68 Å². The Morgan fingerprint density at radius 3 is 3.00 bits per heavy atom. The molecule has 1 aromatic heterocycles. The van der Waals surface area contributed by atoms with Gasteiger partial charge < -0.3 is 10.5 Å². The molecule has 1 saturated heterocycles. The Morgan fingerprint density at radius 1 is 1.55 bits per heavy atom. The van der Waals surface area contributed by atoms with E-state index in [2.05, 4.69) is 10.3 Å². The van der Waals surface area contributed by atoms with Crippen molar-refractivity contribution in [3.63, 3.8) is 0 Å². The Bertz CT molecular complexity index is 222. The van der Waals surface area contributed by atoms with Crippen LogP contribution in [0.4, 0.5) is 0 Å². The Labute approximate surface area is 64.1 Å². The van der Waals surface area contributed by atoms with Gasteiger partial charge in [0.05, 0.1) is 31.5 Å². The summed E-state index contributed by atoms with van der Waals surface area (Å²) in [5.41, 5.74) is 5.76. The smallest absolute Gasteiger partial charge is 0.0943 e. The Kier molecular flexibility index (Phi) is 1.59. The normalized spacial score (nSPS) is 31.0. The predicted molar refractivity (Wildman–Crippen MR) is 37.9 cm³/mol. The SMILES string of the molecule is N[C@H]1COC[C@@H]1n1ccnn1. The van der Waals surface area contributed by atoms with Gasteiger partial charge in [-0.3, -0.25) is 0 Å². The van der Waals surface area contributed by atoms with Crippen molar-refractivity contribution < 1.29 is 4.74 Å². The largest absolute Gasteiger partial charge is 0.377 e. The second-order valence-electron chi connectivity index (χ2n) is 2.65. The van der Waals surface area contributed by atoms with Gasteiger partial charge in [0.15, 0.2) is 0 Å². The first kappa shape index (κ1) is 6.75. The van der Waals surface area contributed by atoms with Gasteiger partial charge in [0.1, 0.15) is 0 Å². The average Bonchev–Trinajstić information content (AvgIpc) is 2.55. The molecule has 1 aromatic rings. The third-order valence-corrected chi connectivity index (χ3v) is 1.87. The molecule has 0 amide bonds. The molecule has 2 N–H and O–H groups in total. The Balaban J connectivity index is 2.16. The second-order valence-corrected chi connectivity index (χ2v) is 2.65. The zero-order valence-electron chi connectivity index (χ0n) is 6.05. The van der Waals surface area contributed by atoms with Gasteiger partial charge in [0.25, 0.3) is 0 Å². The molecule has 0 unspecified atom stereocenters. The maximum absolute atomic E-state index is 5.76. The van der Waals surface area contributed by atoms with Gasteiger partial charge in [-0.05, 0) is 0 Å². The summed E-state index contributed by atoms with van der Waals surface area (Å²) >= 11 is 0. The highest BCUT2D eigenvalue weighted by molar-refractivity contribution is 4.84. The highest BCUT2D eigenvalue weighted by atomic mass is 16.5. The van der Waals surface area contributed by atoms with Crippen molar-refractivity contribution in [3.8, 4) is 0 Å². The molecule has 1 aliphatic heterocycles. The summed E-state index contributed by atoms with van der Waals surface area (Å²) < 4.78 is 6.93. The van der Waals surface area contributed by atoms with Gasteiger partial charge in [-0.2, -0.15) is 0 Å². The molecular weight excluding hydrogens is 144 g/mol. The second kappa shape index (κ2) is 2.60. The summed E-state index contributed by atoms with van der Waals surface area (Å²) in [6, 6.07) is 0.217. The standard InChI is InChI=1S/C6H10N4O/c7-5-3-11-4-6(5)10-2-1-8-9-10/h1-2,5-6H,3-4,7H2/t5-,6-/m0/s1. The van der Waals surface area contributed by atoms with Crippen molar-refractivity contribution in [1.82, 2.24) is 15.0 Å². The van der Waals surface area contributed by atoms with Crippen LogP contribution in [0.2, 0.25) is 0 Å². The highest BCUT2D eigenvalue weighted by Crippen LogP contribution is 2.15. The van der Waals surface area contributed by atoms with Crippen molar-refractivity contribution in [2.75, 3.05) is 13.2 Å². The van der Waals surface area contributed by atoms with Gasteiger partial charge in [-0.15, -0.1) is 5.10 Å². The first-order valence-corrected chi connectivity index (χ1v) is 3.57. The van der Waals surface area contributed by atoms with E-state index in [0.29, 0.717) is 13.2 Å². The first-order valence-electron chi connectivity index (χ1n) is 3.57. The molecule has 11 heavy (non-hydrogen) atoms. The van der Waals surface area contributed by atoms with E-state index in [1.165, 1.54) is 0 Å². The van der Waals surface area contributed by atoms with Crippen LogP contribution in [0, 0.1) is 0 Å². The summed E-state index contributed by atoms with van der Waals surface area (Å²) in [4.78, 5) is 0. The van der Waals surface area contributed by atoms with E-state index in [1.807, 2.05) is 0 Å². The van der Waals surface area contributed by atoms with Gasteiger partial charge in [0.2, 0.25) is 0 Å². The molecular formula is C6H10N4O. The fraction of sp³-hybridized carbons (Fsp3) is 0.667. The van der Waals surface area contributed by atoms with Gasteiger partial charge >= 0.3 is 0 Å². The van der Waals surface area contributed by atoms with Crippen molar-refractivity contribution >= 4 is 0 Å². The molecule has 5 nitrogen and oxygen atoms in total. The number of nitrogens with zero attached hydrogens (tertiary/aromatic N) is 3. The van der Waals surface area contributed by atoms with Crippen LogP contribution in [0.5, 0.6) is 0 Å². The lowest BCUT2D eigenvalue weighted by Crippen LogP contribution is -2.31. The van der Waals surface area contributed by atoms with E-state index in [-0.39, 0.29) is 12.1 Å². The Hall–Kier alpha value is -0.940. The first-order chi connectivity index (χ1) is 5.38. The number of hydrogen-bond donors (Lipinski definition) is 1. The summed E-state index contributed by atoms with van der Waals surface area (Å²) in [7, 11) is 0. The van der Waals surface area contributed by atoms with Gasteiger partial charge in [0, 0.05) is 6.20 Å². The van der Waals surface area contributed by atoms with Crippen LogP contribution in [-0.2, 0) is 4.74 Å². The van der Waals surface area contributed by atoms with Crippen LogP contribution < -0.4 is 5.73 Å². The maximum atomic E-state index is 5.76. The van der Waals surface area contributed by atoms with Crippen LogP contribution in [0.3, 0.4) is 0 Å².